The predicted octanol–water partition coefficient (Wildman–Crippen LogP) is 1.21. The number of anilines is 1. The first-order chi connectivity index (χ1) is 9.76. The molecule has 1 aromatic carbocycles. The van der Waals surface area contributed by atoms with Crippen LogP contribution in [0.4, 0.5) is 5.69 Å². The Balaban J connectivity index is 2.87. The maximum atomic E-state index is 11.8. The van der Waals surface area contributed by atoms with Crippen molar-refractivity contribution in [3.8, 4) is 0 Å². The van der Waals surface area contributed by atoms with Crippen LogP contribution < -0.4 is 5.32 Å². The van der Waals surface area contributed by atoms with Crippen LogP contribution in [-0.2, 0) is 19.4 Å². The third-order valence-electron chi connectivity index (χ3n) is 2.70. The zero-order valence-electron chi connectivity index (χ0n) is 11.4. The van der Waals surface area contributed by atoms with Gasteiger partial charge in [0.15, 0.2) is 9.84 Å². The van der Waals surface area contributed by atoms with E-state index in [0.717, 1.165) is 0 Å². The lowest BCUT2D eigenvalue weighted by Gasteiger charge is -2.14. The Morgan fingerprint density at radius 3 is 2.19 bits per heavy atom. The summed E-state index contributed by atoms with van der Waals surface area (Å²) in [5.41, 5.74) is 0.346. The Bertz CT molecular complexity index is 608. The van der Waals surface area contributed by atoms with Crippen molar-refractivity contribution in [1.82, 2.24) is 0 Å². The summed E-state index contributed by atoms with van der Waals surface area (Å²) in [6.07, 6.45) is -0.0761. The van der Waals surface area contributed by atoms with Crippen molar-refractivity contribution in [3.05, 3.63) is 24.3 Å². The van der Waals surface area contributed by atoms with E-state index in [1.165, 1.54) is 24.3 Å². The number of sulfone groups is 1. The van der Waals surface area contributed by atoms with Gasteiger partial charge in [0.2, 0.25) is 0 Å². The van der Waals surface area contributed by atoms with Gasteiger partial charge in [-0.3, -0.25) is 4.79 Å². The molecule has 1 aromatic rings. The van der Waals surface area contributed by atoms with Gasteiger partial charge in [-0.05, 0) is 30.7 Å². The molecular formula is C13H17NO6S. The summed E-state index contributed by atoms with van der Waals surface area (Å²) < 4.78 is 23.7. The first-order valence-corrected chi connectivity index (χ1v) is 7.95. The van der Waals surface area contributed by atoms with E-state index in [2.05, 4.69) is 5.32 Å². The van der Waals surface area contributed by atoms with Crippen molar-refractivity contribution in [2.24, 2.45) is 0 Å². The van der Waals surface area contributed by atoms with Crippen LogP contribution in [-0.4, -0.2) is 42.4 Å². The second-order valence-corrected chi connectivity index (χ2v) is 6.59. The molecule has 0 aromatic heterocycles. The molecule has 0 saturated carbocycles. The Morgan fingerprint density at radius 1 is 1.19 bits per heavy atom. The number of nitrogens with one attached hydrogen (secondary N) is 1. The van der Waals surface area contributed by atoms with Crippen LogP contribution in [0, 0.1) is 0 Å². The molecule has 21 heavy (non-hydrogen) atoms. The molecule has 0 aliphatic carbocycles. The van der Waals surface area contributed by atoms with Gasteiger partial charge in [-0.2, -0.15) is 0 Å². The fourth-order valence-corrected chi connectivity index (χ4v) is 3.04. The summed E-state index contributed by atoms with van der Waals surface area (Å²) in [5, 5.41) is 20.1. The molecule has 1 atom stereocenters. The van der Waals surface area contributed by atoms with Crippen molar-refractivity contribution >= 4 is 27.5 Å². The van der Waals surface area contributed by atoms with E-state index in [0.29, 0.717) is 12.1 Å². The maximum absolute atomic E-state index is 11.8. The van der Waals surface area contributed by atoms with Crippen LogP contribution in [0.15, 0.2) is 29.2 Å². The van der Waals surface area contributed by atoms with Gasteiger partial charge < -0.3 is 15.5 Å². The minimum atomic E-state index is -3.33. The molecule has 1 rings (SSSR count). The molecule has 0 aliphatic rings. The Hall–Kier alpha value is -2.09. The Kier molecular flexibility index (Phi) is 5.71. The van der Waals surface area contributed by atoms with Crippen LogP contribution >= 0.6 is 0 Å². The number of aliphatic carboxylic acids is 2. The molecule has 3 N–H and O–H groups in total. The fraction of sp³-hybridized carbons (Fsp3) is 0.385. The first kappa shape index (κ1) is 17.0. The van der Waals surface area contributed by atoms with Crippen LogP contribution in [0.25, 0.3) is 0 Å². The van der Waals surface area contributed by atoms with Crippen LogP contribution in [0.2, 0.25) is 0 Å². The summed E-state index contributed by atoms with van der Waals surface area (Å²) in [5.74, 6) is -2.49. The minimum absolute atomic E-state index is 0.0382. The summed E-state index contributed by atoms with van der Waals surface area (Å²) in [6.45, 7) is 1.76. The van der Waals surface area contributed by atoms with E-state index in [9.17, 15) is 18.0 Å². The SMILES string of the molecule is CCCS(=O)(=O)c1ccc(NC(CC(=O)O)C(=O)O)cc1. The molecule has 8 heteroatoms. The van der Waals surface area contributed by atoms with Gasteiger partial charge in [0.05, 0.1) is 17.1 Å². The number of carboxylic acid groups (broad SMARTS) is 2. The zero-order valence-corrected chi connectivity index (χ0v) is 12.3. The molecule has 0 saturated heterocycles. The quantitative estimate of drug-likeness (QED) is 0.659. The highest BCUT2D eigenvalue weighted by molar-refractivity contribution is 7.91. The second-order valence-electron chi connectivity index (χ2n) is 4.48. The topological polar surface area (TPSA) is 121 Å². The van der Waals surface area contributed by atoms with E-state index in [1.54, 1.807) is 6.92 Å². The second kappa shape index (κ2) is 7.07. The highest BCUT2D eigenvalue weighted by atomic mass is 32.2. The molecule has 0 aliphatic heterocycles. The lowest BCUT2D eigenvalue weighted by molar-refractivity contribution is -0.144. The third-order valence-corrected chi connectivity index (χ3v) is 4.64. The van der Waals surface area contributed by atoms with E-state index in [-0.39, 0.29) is 10.6 Å². The maximum Gasteiger partial charge on any atom is 0.326 e. The third kappa shape index (κ3) is 5.07. The normalized spacial score (nSPS) is 12.6. The summed E-state index contributed by atoms with van der Waals surface area (Å²) in [4.78, 5) is 21.7. The van der Waals surface area contributed by atoms with Crippen molar-refractivity contribution in [2.75, 3.05) is 11.1 Å². The predicted molar refractivity (Wildman–Crippen MR) is 76.1 cm³/mol. The molecule has 0 amide bonds. The molecule has 0 heterocycles. The first-order valence-electron chi connectivity index (χ1n) is 6.30. The monoisotopic (exact) mass is 315 g/mol. The van der Waals surface area contributed by atoms with Crippen LogP contribution in [0.3, 0.4) is 0 Å². The van der Waals surface area contributed by atoms with Crippen LogP contribution in [0.1, 0.15) is 19.8 Å². The average molecular weight is 315 g/mol. The Morgan fingerprint density at radius 2 is 1.76 bits per heavy atom. The summed E-state index contributed by atoms with van der Waals surface area (Å²) in [7, 11) is -3.33. The largest absolute Gasteiger partial charge is 0.481 e. The van der Waals surface area contributed by atoms with E-state index in [1.807, 2.05) is 0 Å². The van der Waals surface area contributed by atoms with Crippen molar-refractivity contribution in [2.45, 2.75) is 30.7 Å². The standard InChI is InChI=1S/C13H17NO6S/c1-2-7-21(19,20)10-5-3-9(4-6-10)14-11(13(17)18)8-12(15)16/h3-6,11,14H,2,7-8H2,1H3,(H,15,16)(H,17,18). The fourth-order valence-electron chi connectivity index (χ4n) is 1.72. The van der Waals surface area contributed by atoms with E-state index >= 15 is 0 Å². The minimum Gasteiger partial charge on any atom is -0.481 e. The van der Waals surface area contributed by atoms with Gasteiger partial charge in [0.25, 0.3) is 0 Å². The van der Waals surface area contributed by atoms with Gasteiger partial charge in [0.1, 0.15) is 6.04 Å². The van der Waals surface area contributed by atoms with Gasteiger partial charge in [-0.1, -0.05) is 6.92 Å². The van der Waals surface area contributed by atoms with Crippen molar-refractivity contribution in [1.29, 1.82) is 0 Å². The summed E-state index contributed by atoms with van der Waals surface area (Å²) in [6, 6.07) is 4.29. The van der Waals surface area contributed by atoms with E-state index < -0.39 is 34.2 Å². The number of carbonyl (C=O) groups is 2. The van der Waals surface area contributed by atoms with E-state index in [4.69, 9.17) is 10.2 Å². The molecule has 0 bridgehead atoms. The molecule has 0 spiro atoms. The van der Waals surface area contributed by atoms with Crippen LogP contribution in [0.5, 0.6) is 0 Å². The zero-order chi connectivity index (χ0) is 16.0. The van der Waals surface area contributed by atoms with Crippen molar-refractivity contribution in [3.63, 3.8) is 0 Å². The van der Waals surface area contributed by atoms with Gasteiger partial charge in [0, 0.05) is 5.69 Å². The number of carboxylic acids is 2. The molecule has 0 radical (unpaired) electrons. The Labute approximate surface area is 122 Å². The smallest absolute Gasteiger partial charge is 0.326 e. The molecule has 1 unspecified atom stereocenters. The number of hydrogen-bond acceptors (Lipinski definition) is 5. The molecular weight excluding hydrogens is 298 g/mol. The number of benzene rings is 1. The highest BCUT2D eigenvalue weighted by Gasteiger charge is 2.21. The lowest BCUT2D eigenvalue weighted by atomic mass is 10.2. The van der Waals surface area contributed by atoms with Gasteiger partial charge >= 0.3 is 11.9 Å². The average Bonchev–Trinajstić information content (AvgIpc) is 2.38. The highest BCUT2D eigenvalue weighted by Crippen LogP contribution is 2.17. The lowest BCUT2D eigenvalue weighted by Crippen LogP contribution is -2.31. The van der Waals surface area contributed by atoms with Gasteiger partial charge in [-0.25, -0.2) is 13.2 Å². The molecule has 0 fully saturated rings. The summed E-state index contributed by atoms with van der Waals surface area (Å²) >= 11 is 0. The van der Waals surface area contributed by atoms with Gasteiger partial charge in [-0.15, -0.1) is 0 Å². The number of hydrogen-bond donors (Lipinski definition) is 3. The molecule has 116 valence electrons. The molecule has 7 nitrogen and oxygen atoms in total. The van der Waals surface area contributed by atoms with Crippen molar-refractivity contribution < 1.29 is 28.2 Å². The number of rotatable bonds is 8.